The van der Waals surface area contributed by atoms with E-state index in [0.717, 1.165) is 12.8 Å². The SMILES string of the molecule is CCC(CC)N=Cc1ccccc1[N+](=O)[O-]. The van der Waals surface area contributed by atoms with Crippen molar-refractivity contribution in [2.24, 2.45) is 4.99 Å². The van der Waals surface area contributed by atoms with Gasteiger partial charge in [-0.25, -0.2) is 0 Å². The third-order valence-electron chi connectivity index (χ3n) is 2.50. The summed E-state index contributed by atoms with van der Waals surface area (Å²) < 4.78 is 0. The predicted octanol–water partition coefficient (Wildman–Crippen LogP) is 3.20. The van der Waals surface area contributed by atoms with Crippen LogP contribution in [0.1, 0.15) is 32.3 Å². The van der Waals surface area contributed by atoms with Gasteiger partial charge in [0.2, 0.25) is 0 Å². The molecule has 4 nitrogen and oxygen atoms in total. The number of nitro benzene ring substituents is 1. The Morgan fingerprint density at radius 1 is 1.38 bits per heavy atom. The Labute approximate surface area is 95.2 Å². The number of nitrogens with zero attached hydrogens (tertiary/aromatic N) is 2. The van der Waals surface area contributed by atoms with Crippen molar-refractivity contribution in [3.63, 3.8) is 0 Å². The van der Waals surface area contributed by atoms with E-state index in [1.807, 2.05) is 0 Å². The second-order valence-electron chi connectivity index (χ2n) is 3.56. The van der Waals surface area contributed by atoms with Gasteiger partial charge < -0.3 is 0 Å². The van der Waals surface area contributed by atoms with Gasteiger partial charge in [-0.1, -0.05) is 26.0 Å². The van der Waals surface area contributed by atoms with E-state index in [2.05, 4.69) is 18.8 Å². The Morgan fingerprint density at radius 2 is 2.00 bits per heavy atom. The van der Waals surface area contributed by atoms with Crippen LogP contribution in [0.3, 0.4) is 0 Å². The molecule has 0 N–H and O–H groups in total. The van der Waals surface area contributed by atoms with Crippen LogP contribution in [-0.2, 0) is 0 Å². The number of para-hydroxylation sites is 1. The summed E-state index contributed by atoms with van der Waals surface area (Å²) in [5, 5.41) is 10.7. The van der Waals surface area contributed by atoms with Gasteiger partial charge in [-0.2, -0.15) is 0 Å². The molecule has 0 radical (unpaired) electrons. The number of hydrogen-bond acceptors (Lipinski definition) is 3. The van der Waals surface area contributed by atoms with E-state index in [1.54, 1.807) is 24.4 Å². The van der Waals surface area contributed by atoms with Crippen molar-refractivity contribution in [1.29, 1.82) is 0 Å². The van der Waals surface area contributed by atoms with E-state index in [-0.39, 0.29) is 16.7 Å². The molecule has 4 heteroatoms. The summed E-state index contributed by atoms with van der Waals surface area (Å²) in [6.07, 6.45) is 3.51. The Kier molecular flexibility index (Phi) is 4.64. The lowest BCUT2D eigenvalue weighted by Gasteiger charge is -2.04. The van der Waals surface area contributed by atoms with Gasteiger partial charge in [0, 0.05) is 18.3 Å². The molecule has 0 heterocycles. The first-order valence-corrected chi connectivity index (χ1v) is 5.45. The van der Waals surface area contributed by atoms with Crippen LogP contribution in [0.2, 0.25) is 0 Å². The molecule has 1 rings (SSSR count). The summed E-state index contributed by atoms with van der Waals surface area (Å²) in [7, 11) is 0. The molecule has 0 spiro atoms. The summed E-state index contributed by atoms with van der Waals surface area (Å²) >= 11 is 0. The van der Waals surface area contributed by atoms with E-state index >= 15 is 0 Å². The van der Waals surface area contributed by atoms with Crippen LogP contribution in [0.25, 0.3) is 0 Å². The minimum atomic E-state index is -0.381. The van der Waals surface area contributed by atoms with Crippen LogP contribution in [0, 0.1) is 10.1 Å². The molecule has 0 aliphatic rings. The van der Waals surface area contributed by atoms with Gasteiger partial charge in [-0.05, 0) is 18.9 Å². The lowest BCUT2D eigenvalue weighted by molar-refractivity contribution is -0.385. The van der Waals surface area contributed by atoms with Crippen molar-refractivity contribution < 1.29 is 4.92 Å². The maximum absolute atomic E-state index is 10.7. The van der Waals surface area contributed by atoms with Gasteiger partial charge in [0.05, 0.1) is 10.5 Å². The Balaban J connectivity index is 2.92. The predicted molar refractivity (Wildman–Crippen MR) is 65.1 cm³/mol. The van der Waals surface area contributed by atoms with Crippen LogP contribution < -0.4 is 0 Å². The second kappa shape index (κ2) is 6.00. The number of aliphatic imine (C=N–C) groups is 1. The van der Waals surface area contributed by atoms with Crippen LogP contribution >= 0.6 is 0 Å². The molecular formula is C12H16N2O2. The fourth-order valence-electron chi connectivity index (χ4n) is 1.45. The molecule has 0 fully saturated rings. The molecule has 16 heavy (non-hydrogen) atoms. The fraction of sp³-hybridized carbons (Fsp3) is 0.417. The van der Waals surface area contributed by atoms with Gasteiger partial charge in [-0.15, -0.1) is 0 Å². The highest BCUT2D eigenvalue weighted by molar-refractivity contribution is 5.85. The van der Waals surface area contributed by atoms with Gasteiger partial charge in [0.25, 0.3) is 5.69 Å². The number of hydrogen-bond donors (Lipinski definition) is 0. The largest absolute Gasteiger partial charge is 0.289 e. The molecule has 1 aromatic rings. The summed E-state index contributed by atoms with van der Waals surface area (Å²) in [6.45, 7) is 4.12. The topological polar surface area (TPSA) is 55.5 Å². The van der Waals surface area contributed by atoms with E-state index < -0.39 is 0 Å². The lowest BCUT2D eigenvalue weighted by atomic mass is 10.1. The van der Waals surface area contributed by atoms with Crippen LogP contribution in [0.15, 0.2) is 29.3 Å². The van der Waals surface area contributed by atoms with E-state index in [1.165, 1.54) is 6.07 Å². The third kappa shape index (κ3) is 3.15. The van der Waals surface area contributed by atoms with Crippen molar-refractivity contribution in [2.45, 2.75) is 32.7 Å². The number of rotatable bonds is 5. The monoisotopic (exact) mass is 220 g/mol. The molecule has 0 saturated carbocycles. The normalized spacial score (nSPS) is 11.2. The summed E-state index contributed by atoms with van der Waals surface area (Å²) in [5.41, 5.74) is 0.677. The molecule has 0 aliphatic heterocycles. The van der Waals surface area contributed by atoms with Crippen LogP contribution in [-0.4, -0.2) is 17.2 Å². The summed E-state index contributed by atoms with van der Waals surface area (Å²) in [6, 6.07) is 6.89. The lowest BCUT2D eigenvalue weighted by Crippen LogP contribution is -2.01. The summed E-state index contributed by atoms with van der Waals surface area (Å²) in [5.74, 6) is 0. The smallest absolute Gasteiger partial charge is 0.278 e. The number of nitro groups is 1. The zero-order chi connectivity index (χ0) is 12.0. The van der Waals surface area contributed by atoms with E-state index in [4.69, 9.17) is 0 Å². The fourth-order valence-corrected chi connectivity index (χ4v) is 1.45. The highest BCUT2D eigenvalue weighted by Gasteiger charge is 2.10. The minimum absolute atomic E-state index is 0.109. The number of benzene rings is 1. The molecule has 1 aromatic carbocycles. The van der Waals surface area contributed by atoms with Gasteiger partial charge in [-0.3, -0.25) is 15.1 Å². The van der Waals surface area contributed by atoms with E-state index in [0.29, 0.717) is 5.56 Å². The van der Waals surface area contributed by atoms with Crippen molar-refractivity contribution in [2.75, 3.05) is 0 Å². The highest BCUT2D eigenvalue weighted by Crippen LogP contribution is 2.16. The van der Waals surface area contributed by atoms with Gasteiger partial charge >= 0.3 is 0 Å². The minimum Gasteiger partial charge on any atom is -0.289 e. The van der Waals surface area contributed by atoms with E-state index in [9.17, 15) is 10.1 Å². The van der Waals surface area contributed by atoms with Crippen molar-refractivity contribution in [3.05, 3.63) is 39.9 Å². The molecule has 0 saturated heterocycles. The first kappa shape index (κ1) is 12.4. The molecule has 0 aromatic heterocycles. The third-order valence-corrected chi connectivity index (χ3v) is 2.50. The molecule has 0 unspecified atom stereocenters. The second-order valence-corrected chi connectivity index (χ2v) is 3.56. The summed E-state index contributed by atoms with van der Waals surface area (Å²) in [4.78, 5) is 14.7. The zero-order valence-electron chi connectivity index (χ0n) is 9.59. The van der Waals surface area contributed by atoms with Crippen molar-refractivity contribution in [1.82, 2.24) is 0 Å². The maximum atomic E-state index is 10.7. The molecule has 0 aliphatic carbocycles. The Bertz CT molecular complexity index is 384. The molecular weight excluding hydrogens is 204 g/mol. The quantitative estimate of drug-likeness (QED) is 0.434. The zero-order valence-corrected chi connectivity index (χ0v) is 9.59. The Morgan fingerprint density at radius 3 is 2.56 bits per heavy atom. The average Bonchev–Trinajstić information content (AvgIpc) is 2.30. The Hall–Kier alpha value is -1.71. The first-order chi connectivity index (χ1) is 7.69. The van der Waals surface area contributed by atoms with Gasteiger partial charge in [0.1, 0.15) is 0 Å². The molecule has 0 atom stereocenters. The van der Waals surface area contributed by atoms with Gasteiger partial charge in [0.15, 0.2) is 0 Å². The molecule has 86 valence electrons. The van der Waals surface area contributed by atoms with Crippen molar-refractivity contribution in [3.8, 4) is 0 Å². The highest BCUT2D eigenvalue weighted by atomic mass is 16.6. The first-order valence-electron chi connectivity index (χ1n) is 5.45. The maximum Gasteiger partial charge on any atom is 0.278 e. The van der Waals surface area contributed by atoms with Crippen molar-refractivity contribution >= 4 is 11.9 Å². The standard InChI is InChI=1S/C12H16N2O2/c1-3-11(4-2)13-9-10-7-5-6-8-12(10)14(15)16/h5-9,11H,3-4H2,1-2H3. The average molecular weight is 220 g/mol. The molecule has 0 bridgehead atoms. The molecule has 0 amide bonds. The van der Waals surface area contributed by atoms with Crippen LogP contribution in [0.5, 0.6) is 0 Å². The van der Waals surface area contributed by atoms with Crippen LogP contribution in [0.4, 0.5) is 5.69 Å².